The number of nitrogen functional groups attached to an aromatic ring is 1. The second-order valence-corrected chi connectivity index (χ2v) is 4.08. The number of nitrogens with two attached hydrogens (primary N) is 1. The van der Waals surface area contributed by atoms with Crippen LogP contribution in [0.3, 0.4) is 0 Å². The Labute approximate surface area is 109 Å². The second-order valence-electron chi connectivity index (χ2n) is 4.08. The third-order valence-electron chi connectivity index (χ3n) is 2.85. The Morgan fingerprint density at radius 3 is 2.74 bits per heavy atom. The first-order valence-corrected chi connectivity index (χ1v) is 5.55. The number of amides is 1. The lowest BCUT2D eigenvalue weighted by molar-refractivity contribution is -0.384. The fraction of sp³-hybridized carbons (Fsp3) is 0.364. The summed E-state index contributed by atoms with van der Waals surface area (Å²) < 4.78 is 0. The highest BCUT2D eigenvalue weighted by Crippen LogP contribution is 2.23. The van der Waals surface area contributed by atoms with Crippen molar-refractivity contribution in [3.63, 3.8) is 0 Å². The van der Waals surface area contributed by atoms with Crippen molar-refractivity contribution in [1.29, 1.82) is 0 Å². The maximum Gasteiger partial charge on any atom is 0.270 e. The second kappa shape index (κ2) is 6.12. The quantitative estimate of drug-likeness (QED) is 0.402. The van der Waals surface area contributed by atoms with E-state index < -0.39 is 16.9 Å². The molecule has 4 N–H and O–H groups in total. The largest absolute Gasteiger partial charge is 0.394 e. The van der Waals surface area contributed by atoms with Crippen molar-refractivity contribution in [3.05, 3.63) is 33.9 Å². The van der Waals surface area contributed by atoms with Gasteiger partial charge in [0.1, 0.15) is 0 Å². The lowest BCUT2D eigenvalue weighted by Crippen LogP contribution is -2.37. The van der Waals surface area contributed by atoms with Gasteiger partial charge in [-0.2, -0.15) is 0 Å². The lowest BCUT2D eigenvalue weighted by atomic mass is 10.1. The van der Waals surface area contributed by atoms with Crippen molar-refractivity contribution in [2.24, 2.45) is 5.84 Å². The van der Waals surface area contributed by atoms with E-state index in [9.17, 15) is 14.9 Å². The van der Waals surface area contributed by atoms with Gasteiger partial charge in [0.25, 0.3) is 11.6 Å². The number of hydrogen-bond donors (Lipinski definition) is 3. The monoisotopic (exact) mass is 268 g/mol. The summed E-state index contributed by atoms with van der Waals surface area (Å²) in [6.45, 7) is 1.45. The van der Waals surface area contributed by atoms with Gasteiger partial charge in [0.2, 0.25) is 0 Å². The molecule has 0 radical (unpaired) electrons. The van der Waals surface area contributed by atoms with Gasteiger partial charge < -0.3 is 15.4 Å². The first-order chi connectivity index (χ1) is 8.92. The number of rotatable bonds is 5. The van der Waals surface area contributed by atoms with E-state index >= 15 is 0 Å². The molecule has 104 valence electrons. The van der Waals surface area contributed by atoms with Crippen molar-refractivity contribution in [2.75, 3.05) is 19.1 Å². The first-order valence-electron chi connectivity index (χ1n) is 5.55. The smallest absolute Gasteiger partial charge is 0.270 e. The van der Waals surface area contributed by atoms with Crippen molar-refractivity contribution >= 4 is 17.3 Å². The standard InChI is InChI=1S/C11H16N4O4/c1-7(6-16)14(2)11(17)9-5-8(15(18)19)3-4-10(9)13-12/h3-5,7,13,16H,6,12H2,1-2H3. The van der Waals surface area contributed by atoms with Crippen LogP contribution in [0.1, 0.15) is 17.3 Å². The van der Waals surface area contributed by atoms with Crippen LogP contribution in [-0.4, -0.2) is 40.5 Å². The summed E-state index contributed by atoms with van der Waals surface area (Å²) in [6.07, 6.45) is 0. The zero-order valence-corrected chi connectivity index (χ0v) is 10.7. The SMILES string of the molecule is CC(CO)N(C)C(=O)c1cc([N+](=O)[O-])ccc1NN. The number of likely N-dealkylation sites (N-methyl/N-ethyl adjacent to an activating group) is 1. The number of hydrazine groups is 1. The average molecular weight is 268 g/mol. The Balaban J connectivity index is 3.19. The number of benzene rings is 1. The third-order valence-corrected chi connectivity index (χ3v) is 2.85. The Hall–Kier alpha value is -2.19. The Morgan fingerprint density at radius 1 is 1.63 bits per heavy atom. The van der Waals surface area contributed by atoms with E-state index in [2.05, 4.69) is 5.43 Å². The molecule has 1 aromatic rings. The molecule has 0 saturated heterocycles. The number of nitro benzene ring substituents is 1. The van der Waals surface area contributed by atoms with E-state index in [0.29, 0.717) is 0 Å². The van der Waals surface area contributed by atoms with Gasteiger partial charge in [-0.25, -0.2) is 0 Å². The van der Waals surface area contributed by atoms with Crippen LogP contribution in [-0.2, 0) is 0 Å². The van der Waals surface area contributed by atoms with E-state index in [-0.39, 0.29) is 23.5 Å². The van der Waals surface area contributed by atoms with E-state index in [4.69, 9.17) is 10.9 Å². The minimum absolute atomic E-state index is 0.0829. The Morgan fingerprint density at radius 2 is 2.26 bits per heavy atom. The van der Waals surface area contributed by atoms with Crippen LogP contribution in [0.4, 0.5) is 11.4 Å². The summed E-state index contributed by atoms with van der Waals surface area (Å²) in [7, 11) is 1.50. The van der Waals surface area contributed by atoms with E-state index in [0.717, 1.165) is 6.07 Å². The number of carbonyl (C=O) groups is 1. The van der Waals surface area contributed by atoms with Gasteiger partial charge in [0.15, 0.2) is 0 Å². The number of nitro groups is 1. The lowest BCUT2D eigenvalue weighted by Gasteiger charge is -2.24. The van der Waals surface area contributed by atoms with Gasteiger partial charge in [0, 0.05) is 19.2 Å². The summed E-state index contributed by atoms with van der Waals surface area (Å²) in [4.78, 5) is 23.6. The van der Waals surface area contributed by atoms with Crippen molar-refractivity contribution in [2.45, 2.75) is 13.0 Å². The molecule has 0 saturated carbocycles. The zero-order chi connectivity index (χ0) is 14.6. The highest BCUT2D eigenvalue weighted by molar-refractivity contribution is 6.00. The van der Waals surface area contributed by atoms with Gasteiger partial charge in [-0.05, 0) is 13.0 Å². The Bertz CT molecular complexity index is 492. The van der Waals surface area contributed by atoms with Crippen LogP contribution >= 0.6 is 0 Å². The predicted octanol–water partition coefficient (Wildman–Crippen LogP) is 0.333. The summed E-state index contributed by atoms with van der Waals surface area (Å²) in [6, 6.07) is 3.36. The molecule has 0 aliphatic rings. The highest BCUT2D eigenvalue weighted by atomic mass is 16.6. The number of aliphatic hydroxyl groups excluding tert-OH is 1. The molecule has 8 nitrogen and oxygen atoms in total. The number of carbonyl (C=O) groups excluding carboxylic acids is 1. The van der Waals surface area contributed by atoms with Crippen LogP contribution in [0.2, 0.25) is 0 Å². The molecular weight excluding hydrogens is 252 g/mol. The van der Waals surface area contributed by atoms with Crippen molar-refractivity contribution in [1.82, 2.24) is 4.90 Å². The molecule has 1 aromatic carbocycles. The third kappa shape index (κ3) is 3.18. The van der Waals surface area contributed by atoms with E-state index in [1.54, 1.807) is 6.92 Å². The van der Waals surface area contributed by atoms with Gasteiger partial charge in [0.05, 0.1) is 28.8 Å². The number of non-ortho nitro benzene ring substituents is 1. The molecule has 0 fully saturated rings. The minimum atomic E-state index is -0.591. The van der Waals surface area contributed by atoms with Gasteiger partial charge in [-0.3, -0.25) is 20.8 Å². The fourth-order valence-electron chi connectivity index (χ4n) is 1.46. The number of nitrogens with zero attached hydrogens (tertiary/aromatic N) is 2. The summed E-state index contributed by atoms with van der Waals surface area (Å²) >= 11 is 0. The number of nitrogens with one attached hydrogen (secondary N) is 1. The molecule has 1 amide bonds. The van der Waals surface area contributed by atoms with Crippen LogP contribution < -0.4 is 11.3 Å². The van der Waals surface area contributed by atoms with E-state index in [1.165, 1.54) is 24.1 Å². The van der Waals surface area contributed by atoms with Gasteiger partial charge in [-0.15, -0.1) is 0 Å². The molecule has 0 heterocycles. The molecule has 1 rings (SSSR count). The molecule has 19 heavy (non-hydrogen) atoms. The molecule has 0 aliphatic heterocycles. The van der Waals surface area contributed by atoms with E-state index in [1.807, 2.05) is 0 Å². The van der Waals surface area contributed by atoms with Crippen molar-refractivity contribution in [3.8, 4) is 0 Å². The molecule has 0 aliphatic carbocycles. The predicted molar refractivity (Wildman–Crippen MR) is 69.5 cm³/mol. The first kappa shape index (κ1) is 14.9. The van der Waals surface area contributed by atoms with Gasteiger partial charge in [-0.1, -0.05) is 0 Å². The van der Waals surface area contributed by atoms with Gasteiger partial charge >= 0.3 is 0 Å². The normalized spacial score (nSPS) is 11.8. The zero-order valence-electron chi connectivity index (χ0n) is 10.7. The van der Waals surface area contributed by atoms with Crippen molar-refractivity contribution < 1.29 is 14.8 Å². The maximum atomic E-state index is 12.2. The molecule has 0 aromatic heterocycles. The van der Waals surface area contributed by atoms with Crippen LogP contribution in [0.5, 0.6) is 0 Å². The summed E-state index contributed by atoms with van der Waals surface area (Å²) in [5, 5.41) is 19.8. The number of hydrogen-bond acceptors (Lipinski definition) is 6. The number of aliphatic hydroxyl groups is 1. The average Bonchev–Trinajstić information content (AvgIpc) is 2.43. The topological polar surface area (TPSA) is 122 Å². The minimum Gasteiger partial charge on any atom is -0.394 e. The van der Waals surface area contributed by atoms with Crippen LogP contribution in [0.15, 0.2) is 18.2 Å². The van der Waals surface area contributed by atoms with Crippen LogP contribution in [0, 0.1) is 10.1 Å². The molecule has 0 spiro atoms. The fourth-order valence-corrected chi connectivity index (χ4v) is 1.46. The molecule has 8 heteroatoms. The van der Waals surface area contributed by atoms with Crippen LogP contribution in [0.25, 0.3) is 0 Å². The molecule has 1 unspecified atom stereocenters. The molecular formula is C11H16N4O4. The number of anilines is 1. The molecule has 1 atom stereocenters. The summed E-state index contributed by atoms with van der Waals surface area (Å²) in [5.74, 6) is 4.82. The maximum absolute atomic E-state index is 12.2. The highest BCUT2D eigenvalue weighted by Gasteiger charge is 2.22. The molecule has 0 bridgehead atoms. The Kier molecular flexibility index (Phi) is 4.79. The summed E-state index contributed by atoms with van der Waals surface area (Å²) in [5.41, 5.74) is 2.49.